The molecule has 1 aromatic rings. The highest BCUT2D eigenvalue weighted by atomic mass is 19.1. The maximum absolute atomic E-state index is 13.5. The van der Waals surface area contributed by atoms with Crippen LogP contribution in [-0.2, 0) is 6.42 Å². The van der Waals surface area contributed by atoms with Crippen LogP contribution in [0.5, 0.6) is 0 Å². The van der Waals surface area contributed by atoms with Crippen LogP contribution in [-0.4, -0.2) is 38.0 Å². The van der Waals surface area contributed by atoms with Crippen molar-refractivity contribution in [1.82, 2.24) is 10.2 Å². The Hall–Kier alpha value is -1.91. The van der Waals surface area contributed by atoms with Gasteiger partial charge in [-0.3, -0.25) is 4.99 Å². The Morgan fingerprint density at radius 3 is 2.62 bits per heavy atom. The largest absolute Gasteiger partial charge is 0.356 e. The first-order valence-corrected chi connectivity index (χ1v) is 7.05. The van der Waals surface area contributed by atoms with Crippen LogP contribution in [0.15, 0.2) is 35.8 Å². The van der Waals surface area contributed by atoms with Crippen LogP contribution in [0.4, 0.5) is 8.78 Å². The summed E-state index contributed by atoms with van der Waals surface area (Å²) in [6.07, 6.45) is 4.09. The molecule has 0 unspecified atom stereocenters. The average molecular weight is 295 g/mol. The second kappa shape index (κ2) is 9.10. The molecule has 0 bridgehead atoms. The molecule has 0 saturated heterocycles. The average Bonchev–Trinajstić information content (AvgIpc) is 2.46. The lowest BCUT2D eigenvalue weighted by Crippen LogP contribution is -2.40. The molecule has 0 heterocycles. The summed E-state index contributed by atoms with van der Waals surface area (Å²) in [7, 11) is 3.62. The molecule has 116 valence electrons. The molecule has 0 atom stereocenters. The lowest BCUT2D eigenvalue weighted by atomic mass is 10.1. The Kier molecular flexibility index (Phi) is 7.43. The fourth-order valence-electron chi connectivity index (χ4n) is 2.03. The number of hydrogen-bond donors (Lipinski definition) is 1. The van der Waals surface area contributed by atoms with Gasteiger partial charge in [0.2, 0.25) is 0 Å². The second-order valence-corrected chi connectivity index (χ2v) is 4.78. The summed E-state index contributed by atoms with van der Waals surface area (Å²) in [6, 6.07) is 3.91. The third-order valence-electron chi connectivity index (χ3n) is 3.19. The van der Waals surface area contributed by atoms with Crippen molar-refractivity contribution >= 4 is 5.96 Å². The number of halogens is 2. The van der Waals surface area contributed by atoms with Crippen molar-refractivity contribution in [2.24, 2.45) is 4.99 Å². The molecule has 3 nitrogen and oxygen atoms in total. The van der Waals surface area contributed by atoms with E-state index in [2.05, 4.69) is 16.9 Å². The maximum Gasteiger partial charge on any atom is 0.193 e. The Morgan fingerprint density at radius 2 is 2.05 bits per heavy atom. The predicted molar refractivity (Wildman–Crippen MR) is 83.5 cm³/mol. The quantitative estimate of drug-likeness (QED) is 0.362. The molecule has 21 heavy (non-hydrogen) atoms. The molecule has 0 aromatic heterocycles. The SMILES string of the molecule is C=CCCCN(C)C(=NC)NCCc1c(F)cccc1F. The number of aliphatic imine (C=N–C) groups is 1. The fourth-order valence-corrected chi connectivity index (χ4v) is 2.03. The first-order valence-electron chi connectivity index (χ1n) is 7.05. The van der Waals surface area contributed by atoms with Gasteiger partial charge in [-0.2, -0.15) is 0 Å². The van der Waals surface area contributed by atoms with Crippen molar-refractivity contribution < 1.29 is 8.78 Å². The van der Waals surface area contributed by atoms with Crippen molar-refractivity contribution in [1.29, 1.82) is 0 Å². The summed E-state index contributed by atoms with van der Waals surface area (Å²) in [6.45, 7) is 4.96. The minimum atomic E-state index is -0.508. The first-order chi connectivity index (χ1) is 10.1. The van der Waals surface area contributed by atoms with Gasteiger partial charge in [-0.25, -0.2) is 8.78 Å². The van der Waals surface area contributed by atoms with E-state index in [0.29, 0.717) is 6.54 Å². The van der Waals surface area contributed by atoms with E-state index in [1.54, 1.807) is 7.05 Å². The molecular weight excluding hydrogens is 272 g/mol. The van der Waals surface area contributed by atoms with Gasteiger partial charge in [-0.15, -0.1) is 6.58 Å². The lowest BCUT2D eigenvalue weighted by molar-refractivity contribution is 0.469. The topological polar surface area (TPSA) is 27.6 Å². The van der Waals surface area contributed by atoms with Crippen LogP contribution in [0, 0.1) is 11.6 Å². The van der Waals surface area contributed by atoms with Gasteiger partial charge < -0.3 is 10.2 Å². The summed E-state index contributed by atoms with van der Waals surface area (Å²) in [5.74, 6) is -0.298. The molecule has 0 saturated carbocycles. The van der Waals surface area contributed by atoms with Crippen molar-refractivity contribution in [3.05, 3.63) is 48.1 Å². The molecule has 1 aromatic carbocycles. The number of hydrogen-bond acceptors (Lipinski definition) is 1. The van der Waals surface area contributed by atoms with E-state index in [-0.39, 0.29) is 12.0 Å². The molecule has 1 rings (SSSR count). The standard InChI is InChI=1S/C16H23F2N3/c1-4-5-6-12-21(3)16(19-2)20-11-10-13-14(17)8-7-9-15(13)18/h4,7-9H,1,5-6,10-12H2,2-3H3,(H,19,20). The Balaban J connectivity index is 2.47. The molecule has 0 radical (unpaired) electrons. The molecule has 0 aliphatic rings. The van der Waals surface area contributed by atoms with Crippen LogP contribution >= 0.6 is 0 Å². The van der Waals surface area contributed by atoms with E-state index in [4.69, 9.17) is 0 Å². The molecule has 0 amide bonds. The highest BCUT2D eigenvalue weighted by Crippen LogP contribution is 2.12. The van der Waals surface area contributed by atoms with Crippen molar-refractivity contribution in [2.45, 2.75) is 19.3 Å². The zero-order valence-corrected chi connectivity index (χ0v) is 12.7. The molecule has 1 N–H and O–H groups in total. The third kappa shape index (κ3) is 5.53. The minimum absolute atomic E-state index is 0.106. The summed E-state index contributed by atoms with van der Waals surface area (Å²) in [5.41, 5.74) is 0.106. The number of benzene rings is 1. The smallest absolute Gasteiger partial charge is 0.193 e. The van der Waals surface area contributed by atoms with E-state index in [1.807, 2.05) is 18.0 Å². The fraction of sp³-hybridized carbons (Fsp3) is 0.438. The van der Waals surface area contributed by atoms with Crippen LogP contribution in [0.2, 0.25) is 0 Å². The third-order valence-corrected chi connectivity index (χ3v) is 3.19. The van der Waals surface area contributed by atoms with Gasteiger partial charge in [0.15, 0.2) is 5.96 Å². The number of unbranched alkanes of at least 4 members (excludes halogenated alkanes) is 1. The minimum Gasteiger partial charge on any atom is -0.356 e. The molecule has 0 fully saturated rings. The maximum atomic E-state index is 13.5. The van der Waals surface area contributed by atoms with E-state index in [9.17, 15) is 8.78 Å². The number of guanidine groups is 1. The molecule has 5 heteroatoms. The van der Waals surface area contributed by atoms with E-state index in [1.165, 1.54) is 18.2 Å². The number of rotatable bonds is 7. The highest BCUT2D eigenvalue weighted by Gasteiger charge is 2.09. The van der Waals surface area contributed by atoms with Gasteiger partial charge in [0.25, 0.3) is 0 Å². The van der Waals surface area contributed by atoms with Gasteiger partial charge in [0, 0.05) is 32.7 Å². The van der Waals surface area contributed by atoms with E-state index < -0.39 is 11.6 Å². The summed E-state index contributed by atoms with van der Waals surface area (Å²) >= 11 is 0. The van der Waals surface area contributed by atoms with Crippen molar-refractivity contribution in [3.8, 4) is 0 Å². The zero-order chi connectivity index (χ0) is 15.7. The van der Waals surface area contributed by atoms with Gasteiger partial charge in [-0.05, 0) is 31.4 Å². The number of nitrogens with one attached hydrogen (secondary N) is 1. The summed E-state index contributed by atoms with van der Waals surface area (Å²) in [4.78, 5) is 6.15. The molecular formula is C16H23F2N3. The number of nitrogens with zero attached hydrogens (tertiary/aromatic N) is 2. The molecule has 0 spiro atoms. The second-order valence-electron chi connectivity index (χ2n) is 4.78. The Labute approximate surface area is 125 Å². The van der Waals surface area contributed by atoms with Crippen LogP contribution in [0.3, 0.4) is 0 Å². The molecule has 0 aliphatic heterocycles. The van der Waals surface area contributed by atoms with Gasteiger partial charge in [-0.1, -0.05) is 12.1 Å². The van der Waals surface area contributed by atoms with Crippen molar-refractivity contribution in [2.75, 3.05) is 27.2 Å². The lowest BCUT2D eigenvalue weighted by Gasteiger charge is -2.21. The zero-order valence-electron chi connectivity index (χ0n) is 12.7. The normalized spacial score (nSPS) is 11.3. The monoisotopic (exact) mass is 295 g/mol. The summed E-state index contributed by atoms with van der Waals surface area (Å²) in [5, 5.41) is 3.12. The van der Waals surface area contributed by atoms with Gasteiger partial charge in [0.05, 0.1) is 0 Å². The van der Waals surface area contributed by atoms with Crippen LogP contribution < -0.4 is 5.32 Å². The Bertz CT molecular complexity index is 466. The summed E-state index contributed by atoms with van der Waals surface area (Å²) < 4.78 is 27.0. The van der Waals surface area contributed by atoms with Crippen LogP contribution in [0.25, 0.3) is 0 Å². The Morgan fingerprint density at radius 1 is 1.38 bits per heavy atom. The first kappa shape index (κ1) is 17.1. The van der Waals surface area contributed by atoms with E-state index in [0.717, 1.165) is 25.3 Å². The van der Waals surface area contributed by atoms with Gasteiger partial charge >= 0.3 is 0 Å². The molecule has 0 aliphatic carbocycles. The predicted octanol–water partition coefficient (Wildman–Crippen LogP) is 2.98. The van der Waals surface area contributed by atoms with Crippen molar-refractivity contribution in [3.63, 3.8) is 0 Å². The van der Waals surface area contributed by atoms with E-state index >= 15 is 0 Å². The highest BCUT2D eigenvalue weighted by molar-refractivity contribution is 5.79. The van der Waals surface area contributed by atoms with Gasteiger partial charge in [0.1, 0.15) is 11.6 Å². The van der Waals surface area contributed by atoms with Crippen LogP contribution in [0.1, 0.15) is 18.4 Å². The number of allylic oxidation sites excluding steroid dienone is 1.